The molecule has 0 radical (unpaired) electrons. The summed E-state index contributed by atoms with van der Waals surface area (Å²) in [7, 11) is 0. The van der Waals surface area contributed by atoms with Crippen LogP contribution in [0.4, 0.5) is 13.2 Å². The lowest BCUT2D eigenvalue weighted by Gasteiger charge is -2.03. The predicted molar refractivity (Wildman–Crippen MR) is 29.2 cm³/mol. The molecule has 0 fully saturated rings. The molecule has 0 saturated heterocycles. The van der Waals surface area contributed by atoms with Gasteiger partial charge in [0.05, 0.1) is 0 Å². The fourth-order valence-electron chi connectivity index (χ4n) is 0.502. The van der Waals surface area contributed by atoms with E-state index in [1.807, 2.05) is 0 Å². The fraction of sp³-hybridized carbons (Fsp3) is 0.250. The van der Waals surface area contributed by atoms with Crippen molar-refractivity contribution < 1.29 is 13.2 Å². The summed E-state index contributed by atoms with van der Waals surface area (Å²) in [6, 6.07) is 0. The normalized spacial score (nSPS) is 11.5. The molecule has 7 heteroatoms. The van der Waals surface area contributed by atoms with Crippen molar-refractivity contribution in [1.29, 1.82) is 0 Å². The van der Waals surface area contributed by atoms with Gasteiger partial charge in [-0.15, -0.1) is 23.0 Å². The quantitative estimate of drug-likeness (QED) is 0.616. The van der Waals surface area contributed by atoms with Crippen molar-refractivity contribution in [2.45, 2.75) is 6.30 Å². The number of halogens is 3. The van der Waals surface area contributed by atoms with Gasteiger partial charge in [-0.25, -0.2) is 0 Å². The SMILES string of the molecule is C=Cc1nnnn1C(F)(F)F. The van der Waals surface area contributed by atoms with Crippen LogP contribution in [0.2, 0.25) is 0 Å². The number of alkyl halides is 3. The zero-order valence-electron chi connectivity index (χ0n) is 5.21. The Bertz CT molecular complexity index is 263. The average Bonchev–Trinajstić information content (AvgIpc) is 2.31. The number of rotatable bonds is 1. The molecule has 0 spiro atoms. The van der Waals surface area contributed by atoms with Crippen molar-refractivity contribution >= 4 is 6.08 Å². The highest BCUT2D eigenvalue weighted by atomic mass is 19.4. The molecule has 1 rings (SSSR count). The molecule has 0 amide bonds. The van der Waals surface area contributed by atoms with Gasteiger partial charge in [-0.05, 0) is 16.5 Å². The molecule has 60 valence electrons. The number of hydrogen-bond donors (Lipinski definition) is 0. The van der Waals surface area contributed by atoms with E-state index >= 15 is 0 Å². The lowest BCUT2D eigenvalue weighted by molar-refractivity contribution is -0.213. The molecule has 0 unspecified atom stereocenters. The fourth-order valence-corrected chi connectivity index (χ4v) is 0.502. The molecule has 4 nitrogen and oxygen atoms in total. The molecule has 0 atom stereocenters. The summed E-state index contributed by atoms with van der Waals surface area (Å²) in [6.07, 6.45) is -3.65. The minimum absolute atomic E-state index is 0.264. The maximum absolute atomic E-state index is 11.8. The van der Waals surface area contributed by atoms with Crippen LogP contribution in [-0.2, 0) is 6.30 Å². The largest absolute Gasteiger partial charge is 0.507 e. The first-order valence-corrected chi connectivity index (χ1v) is 2.53. The first kappa shape index (κ1) is 7.70. The first-order valence-electron chi connectivity index (χ1n) is 2.53. The Morgan fingerprint density at radius 3 is 2.45 bits per heavy atom. The number of nitrogens with zero attached hydrogens (tertiary/aromatic N) is 4. The van der Waals surface area contributed by atoms with E-state index in [-0.39, 0.29) is 4.68 Å². The Morgan fingerprint density at radius 1 is 1.45 bits per heavy atom. The van der Waals surface area contributed by atoms with E-state index in [9.17, 15) is 13.2 Å². The van der Waals surface area contributed by atoms with Crippen LogP contribution in [0.25, 0.3) is 6.08 Å². The van der Waals surface area contributed by atoms with Crippen molar-refractivity contribution in [3.8, 4) is 0 Å². The standard InChI is InChI=1S/C4H3F3N4/c1-2-3-8-9-10-11(3)4(5,6)7/h2H,1H2. The average molecular weight is 164 g/mol. The van der Waals surface area contributed by atoms with Crippen LogP contribution >= 0.6 is 0 Å². The molecule has 1 aromatic rings. The van der Waals surface area contributed by atoms with E-state index < -0.39 is 12.1 Å². The topological polar surface area (TPSA) is 43.6 Å². The molecule has 0 bridgehead atoms. The smallest absolute Gasteiger partial charge is 0.149 e. The van der Waals surface area contributed by atoms with Gasteiger partial charge in [0.15, 0.2) is 5.82 Å². The van der Waals surface area contributed by atoms with Gasteiger partial charge in [0, 0.05) is 0 Å². The highest BCUT2D eigenvalue weighted by Crippen LogP contribution is 2.21. The summed E-state index contributed by atoms with van der Waals surface area (Å²) in [6.45, 7) is 3.11. The first-order chi connectivity index (χ1) is 5.05. The van der Waals surface area contributed by atoms with Gasteiger partial charge >= 0.3 is 6.30 Å². The second-order valence-electron chi connectivity index (χ2n) is 1.62. The van der Waals surface area contributed by atoms with Gasteiger partial charge in [-0.2, -0.15) is 0 Å². The highest BCUT2D eigenvalue weighted by Gasteiger charge is 2.34. The molecule has 1 heterocycles. The van der Waals surface area contributed by atoms with Crippen LogP contribution in [0.5, 0.6) is 0 Å². The summed E-state index contributed by atoms with van der Waals surface area (Å²) in [5.74, 6) is -0.419. The van der Waals surface area contributed by atoms with E-state index in [1.165, 1.54) is 0 Å². The third kappa shape index (κ3) is 1.36. The van der Waals surface area contributed by atoms with E-state index in [0.717, 1.165) is 6.08 Å². The summed E-state index contributed by atoms with van der Waals surface area (Å²) in [4.78, 5) is 0. The van der Waals surface area contributed by atoms with Crippen LogP contribution in [0, 0.1) is 0 Å². The molecule has 11 heavy (non-hydrogen) atoms. The van der Waals surface area contributed by atoms with Gasteiger partial charge in [0.25, 0.3) is 0 Å². The Hall–Kier alpha value is -1.40. The maximum atomic E-state index is 11.8. The number of hydrogen-bond acceptors (Lipinski definition) is 3. The third-order valence-corrected chi connectivity index (χ3v) is 0.916. The molecule has 1 aromatic heterocycles. The molecule has 0 aliphatic rings. The Kier molecular flexibility index (Phi) is 1.63. The lowest BCUT2D eigenvalue weighted by atomic mass is 10.6. The number of aromatic nitrogens is 4. The van der Waals surface area contributed by atoms with Crippen LogP contribution in [-0.4, -0.2) is 20.2 Å². The molecule has 0 aliphatic heterocycles. The van der Waals surface area contributed by atoms with Crippen LogP contribution < -0.4 is 0 Å². The van der Waals surface area contributed by atoms with Gasteiger partial charge < -0.3 is 0 Å². The minimum Gasteiger partial charge on any atom is -0.149 e. The van der Waals surface area contributed by atoms with Gasteiger partial charge in [-0.3, -0.25) is 0 Å². The summed E-state index contributed by atoms with van der Waals surface area (Å²) in [5.41, 5.74) is 0. The van der Waals surface area contributed by atoms with Crippen LogP contribution in [0.1, 0.15) is 5.82 Å². The summed E-state index contributed by atoms with van der Waals surface area (Å²) in [5, 5.41) is 8.61. The molecule has 0 saturated carbocycles. The van der Waals surface area contributed by atoms with E-state index in [0.29, 0.717) is 0 Å². The Balaban J connectivity index is 3.12. The van der Waals surface area contributed by atoms with Crippen molar-refractivity contribution in [1.82, 2.24) is 20.2 Å². The second-order valence-corrected chi connectivity index (χ2v) is 1.62. The van der Waals surface area contributed by atoms with Crippen LogP contribution in [0.3, 0.4) is 0 Å². The van der Waals surface area contributed by atoms with Gasteiger partial charge in [0.2, 0.25) is 0 Å². The lowest BCUT2D eigenvalue weighted by Crippen LogP contribution is -2.19. The van der Waals surface area contributed by atoms with E-state index in [1.54, 1.807) is 0 Å². The number of tetrazole rings is 1. The molecular formula is C4H3F3N4. The van der Waals surface area contributed by atoms with Crippen molar-refractivity contribution in [3.05, 3.63) is 12.4 Å². The maximum Gasteiger partial charge on any atom is 0.507 e. The van der Waals surface area contributed by atoms with E-state index in [4.69, 9.17) is 0 Å². The van der Waals surface area contributed by atoms with Crippen molar-refractivity contribution in [2.24, 2.45) is 0 Å². The predicted octanol–water partition coefficient (Wildman–Crippen LogP) is 0.792. The Labute approximate surface area is 59.3 Å². The van der Waals surface area contributed by atoms with Gasteiger partial charge in [-0.1, -0.05) is 6.58 Å². The third-order valence-electron chi connectivity index (χ3n) is 0.916. The van der Waals surface area contributed by atoms with Crippen LogP contribution in [0.15, 0.2) is 6.58 Å². The Morgan fingerprint density at radius 2 is 2.09 bits per heavy atom. The zero-order chi connectivity index (χ0) is 8.48. The molecular weight excluding hydrogens is 161 g/mol. The van der Waals surface area contributed by atoms with Crippen molar-refractivity contribution in [3.63, 3.8) is 0 Å². The minimum atomic E-state index is -4.58. The van der Waals surface area contributed by atoms with Crippen molar-refractivity contribution in [2.75, 3.05) is 0 Å². The molecule has 0 aromatic carbocycles. The summed E-state index contributed by atoms with van der Waals surface area (Å²) >= 11 is 0. The molecule has 0 aliphatic carbocycles. The van der Waals surface area contributed by atoms with E-state index in [2.05, 4.69) is 22.1 Å². The highest BCUT2D eigenvalue weighted by molar-refractivity contribution is 5.34. The second kappa shape index (κ2) is 2.33. The van der Waals surface area contributed by atoms with Gasteiger partial charge in [0.1, 0.15) is 0 Å². The molecule has 0 N–H and O–H groups in total. The zero-order valence-corrected chi connectivity index (χ0v) is 5.21. The summed E-state index contributed by atoms with van der Waals surface area (Å²) < 4.78 is 35.3. The monoisotopic (exact) mass is 164 g/mol.